The van der Waals surface area contributed by atoms with Crippen molar-refractivity contribution < 1.29 is 9.59 Å². The number of fused-ring (bicyclic) bond motifs is 5. The first kappa shape index (κ1) is 7.35. The number of carbonyl (C=O) groups excluding carboxylic acids is 2. The quantitative estimate of drug-likeness (QED) is 0.507. The van der Waals surface area contributed by atoms with Gasteiger partial charge in [-0.15, -0.1) is 0 Å². The molecule has 2 saturated heterocycles. The van der Waals surface area contributed by atoms with Gasteiger partial charge in [-0.3, -0.25) is 9.69 Å². The number of hydrogen-bond acceptors (Lipinski definition) is 2. The Morgan fingerprint density at radius 2 is 2.08 bits per heavy atom. The molecule has 1 aliphatic carbocycles. The molecule has 4 heteroatoms. The topological polar surface area (TPSA) is 40.6 Å². The van der Waals surface area contributed by atoms with Crippen molar-refractivity contribution >= 4 is 11.9 Å². The summed E-state index contributed by atoms with van der Waals surface area (Å²) in [5.74, 6) is 0.462. The molecule has 0 radical (unpaired) electrons. The van der Waals surface area contributed by atoms with Gasteiger partial charge < -0.3 is 4.90 Å². The smallest absolute Gasteiger partial charge is 0.309 e. The van der Waals surface area contributed by atoms with E-state index in [1.54, 1.807) is 11.9 Å². The van der Waals surface area contributed by atoms with Crippen LogP contribution in [0.3, 0.4) is 0 Å². The average molecular weight is 180 g/mol. The van der Waals surface area contributed by atoms with Crippen molar-refractivity contribution in [2.75, 3.05) is 7.05 Å². The maximum Gasteiger partial charge on any atom is 0.327 e. The summed E-state index contributed by atoms with van der Waals surface area (Å²) in [5.41, 5.74) is 0. The van der Waals surface area contributed by atoms with Gasteiger partial charge in [-0.25, -0.2) is 4.79 Å². The predicted octanol–water partition coefficient (Wildman–Crippen LogP) is 0.431. The van der Waals surface area contributed by atoms with Crippen LogP contribution in [0.1, 0.15) is 19.3 Å². The minimum absolute atomic E-state index is 0.0113. The zero-order valence-corrected chi connectivity index (χ0v) is 7.56. The molecule has 3 amide bonds. The summed E-state index contributed by atoms with van der Waals surface area (Å²) in [6, 6.07) is 0.176. The van der Waals surface area contributed by atoms with Crippen LogP contribution in [0.5, 0.6) is 0 Å². The minimum Gasteiger partial charge on any atom is -0.309 e. The molecule has 2 unspecified atom stereocenters. The van der Waals surface area contributed by atoms with Crippen molar-refractivity contribution in [2.24, 2.45) is 5.92 Å². The minimum atomic E-state index is -0.101. The van der Waals surface area contributed by atoms with E-state index in [9.17, 15) is 9.59 Å². The van der Waals surface area contributed by atoms with Crippen LogP contribution in [0.4, 0.5) is 4.79 Å². The Labute approximate surface area is 76.5 Å². The molecule has 1 saturated carbocycles. The number of carbonyl (C=O) groups is 2. The van der Waals surface area contributed by atoms with E-state index in [2.05, 4.69) is 0 Å². The molecule has 0 spiro atoms. The fraction of sp³-hybridized carbons (Fsp3) is 0.778. The van der Waals surface area contributed by atoms with Gasteiger partial charge in [0.25, 0.3) is 5.91 Å². The van der Waals surface area contributed by atoms with Crippen LogP contribution in [0, 0.1) is 5.92 Å². The van der Waals surface area contributed by atoms with Gasteiger partial charge in [0.05, 0.1) is 0 Å². The van der Waals surface area contributed by atoms with Crippen molar-refractivity contribution in [3.05, 3.63) is 0 Å². The van der Waals surface area contributed by atoms with Gasteiger partial charge in [0.2, 0.25) is 0 Å². The van der Waals surface area contributed by atoms with Crippen LogP contribution < -0.4 is 0 Å². The number of imide groups is 1. The van der Waals surface area contributed by atoms with Gasteiger partial charge in [0.15, 0.2) is 0 Å². The van der Waals surface area contributed by atoms with E-state index < -0.39 is 0 Å². The Hall–Kier alpha value is -1.06. The van der Waals surface area contributed by atoms with Crippen LogP contribution in [-0.4, -0.2) is 40.9 Å². The van der Waals surface area contributed by atoms with E-state index in [4.69, 9.17) is 0 Å². The molecule has 3 aliphatic rings. The maximum atomic E-state index is 11.7. The fourth-order valence-electron chi connectivity index (χ4n) is 3.05. The van der Waals surface area contributed by atoms with E-state index in [1.807, 2.05) is 0 Å². The molecule has 3 rings (SSSR count). The third kappa shape index (κ3) is 0.677. The van der Waals surface area contributed by atoms with Crippen molar-refractivity contribution in [1.29, 1.82) is 0 Å². The molecule has 3 atom stereocenters. The van der Waals surface area contributed by atoms with Crippen molar-refractivity contribution in [3.8, 4) is 0 Å². The monoisotopic (exact) mass is 180 g/mol. The Morgan fingerprint density at radius 1 is 1.31 bits per heavy atom. The van der Waals surface area contributed by atoms with Crippen molar-refractivity contribution in [1.82, 2.24) is 9.80 Å². The normalized spacial score (nSPS) is 42.1. The number of urea groups is 1. The van der Waals surface area contributed by atoms with Gasteiger partial charge in [-0.05, 0) is 25.2 Å². The first-order valence-corrected chi connectivity index (χ1v) is 4.80. The first-order chi connectivity index (χ1) is 6.20. The maximum absolute atomic E-state index is 11.7. The van der Waals surface area contributed by atoms with Gasteiger partial charge in [0.1, 0.15) is 6.04 Å². The molecule has 4 nitrogen and oxygen atoms in total. The van der Waals surface area contributed by atoms with E-state index in [1.165, 1.54) is 4.90 Å². The molecule has 0 N–H and O–H groups in total. The van der Waals surface area contributed by atoms with Gasteiger partial charge in [0, 0.05) is 13.1 Å². The van der Waals surface area contributed by atoms with Gasteiger partial charge in [-0.1, -0.05) is 0 Å². The summed E-state index contributed by atoms with van der Waals surface area (Å²) in [7, 11) is 1.59. The summed E-state index contributed by atoms with van der Waals surface area (Å²) >= 11 is 0. The third-order valence-corrected chi connectivity index (χ3v) is 3.68. The molecule has 0 aromatic carbocycles. The highest BCUT2D eigenvalue weighted by Gasteiger charge is 2.57. The van der Waals surface area contributed by atoms with E-state index in [-0.39, 0.29) is 18.0 Å². The standard InChI is InChI=1S/C9H12N2O2/c1-10-8(12)7-5-2-3-6(4-5)11(7)9(10)13/h5-7H,2-4H2,1H3/t5?,6?,7-/m1/s1. The molecule has 70 valence electrons. The summed E-state index contributed by atoms with van der Waals surface area (Å²) in [6.07, 6.45) is 3.27. The summed E-state index contributed by atoms with van der Waals surface area (Å²) in [6.45, 7) is 0. The second-order valence-corrected chi connectivity index (χ2v) is 4.26. The second kappa shape index (κ2) is 2.05. The highest BCUT2D eigenvalue weighted by molar-refractivity contribution is 6.04. The Kier molecular flexibility index (Phi) is 1.16. The second-order valence-electron chi connectivity index (χ2n) is 4.26. The largest absolute Gasteiger partial charge is 0.327 e. The highest BCUT2D eigenvalue weighted by Crippen LogP contribution is 2.45. The SMILES string of the molecule is CN1C(=O)[C@H]2C3CCC(C3)N2C1=O. The number of likely N-dealkylation sites (N-methyl/N-ethyl adjacent to an activating group) is 1. The van der Waals surface area contributed by atoms with Crippen molar-refractivity contribution in [2.45, 2.75) is 31.3 Å². The van der Waals surface area contributed by atoms with Crippen LogP contribution >= 0.6 is 0 Å². The molecular formula is C9H12N2O2. The summed E-state index contributed by atoms with van der Waals surface area (Å²) in [4.78, 5) is 26.3. The molecular weight excluding hydrogens is 168 g/mol. The molecule has 2 bridgehead atoms. The van der Waals surface area contributed by atoms with Crippen LogP contribution in [-0.2, 0) is 4.79 Å². The fourth-order valence-corrected chi connectivity index (χ4v) is 3.05. The molecule has 0 aromatic rings. The van der Waals surface area contributed by atoms with E-state index in [0.717, 1.165) is 19.3 Å². The number of amides is 3. The lowest BCUT2D eigenvalue weighted by atomic mass is 9.99. The van der Waals surface area contributed by atoms with Gasteiger partial charge in [-0.2, -0.15) is 0 Å². The molecule has 13 heavy (non-hydrogen) atoms. The molecule has 2 heterocycles. The van der Waals surface area contributed by atoms with Crippen molar-refractivity contribution in [3.63, 3.8) is 0 Å². The summed E-state index contributed by atoms with van der Waals surface area (Å²) < 4.78 is 0. The lowest BCUT2D eigenvalue weighted by Crippen LogP contribution is -2.40. The van der Waals surface area contributed by atoms with Crippen LogP contribution in [0.15, 0.2) is 0 Å². The Morgan fingerprint density at radius 3 is 2.77 bits per heavy atom. The summed E-state index contributed by atoms with van der Waals surface area (Å²) in [5, 5.41) is 0. The Bertz CT molecular complexity index is 274. The highest BCUT2D eigenvalue weighted by atomic mass is 16.2. The molecule has 3 fully saturated rings. The predicted molar refractivity (Wildman–Crippen MR) is 44.9 cm³/mol. The molecule has 0 aromatic heterocycles. The molecule has 2 aliphatic heterocycles. The zero-order valence-electron chi connectivity index (χ0n) is 7.56. The van der Waals surface area contributed by atoms with E-state index >= 15 is 0 Å². The van der Waals surface area contributed by atoms with E-state index in [0.29, 0.717) is 12.0 Å². The third-order valence-electron chi connectivity index (χ3n) is 3.68. The first-order valence-electron chi connectivity index (χ1n) is 4.80. The number of hydrogen-bond donors (Lipinski definition) is 0. The zero-order chi connectivity index (χ0) is 9.16. The number of nitrogens with zero attached hydrogens (tertiary/aromatic N) is 2. The van der Waals surface area contributed by atoms with Gasteiger partial charge >= 0.3 is 6.03 Å². The lowest BCUT2D eigenvalue weighted by Gasteiger charge is -2.25. The van der Waals surface area contributed by atoms with Crippen LogP contribution in [0.2, 0.25) is 0 Å². The average Bonchev–Trinajstić information content (AvgIpc) is 2.76. The van der Waals surface area contributed by atoms with Crippen LogP contribution in [0.25, 0.3) is 0 Å². The number of rotatable bonds is 0. The lowest BCUT2D eigenvalue weighted by molar-refractivity contribution is -0.128. The Balaban J connectivity index is 2.03. The number of piperidine rings is 1.